The third kappa shape index (κ3) is 3.84. The topological polar surface area (TPSA) is 82.1 Å². The first kappa shape index (κ1) is 14.6. The van der Waals surface area contributed by atoms with Gasteiger partial charge < -0.3 is 13.8 Å². The lowest BCUT2D eigenvalue weighted by Crippen LogP contribution is -2.20. The summed E-state index contributed by atoms with van der Waals surface area (Å²) in [5.41, 5.74) is 0. The van der Waals surface area contributed by atoms with E-state index >= 15 is 0 Å². The summed E-state index contributed by atoms with van der Waals surface area (Å²) in [5, 5.41) is 11.9. The van der Waals surface area contributed by atoms with Crippen LogP contribution in [0.5, 0.6) is 0 Å². The molecule has 8 heteroatoms. The maximum Gasteiger partial charge on any atom is 0.240 e. The van der Waals surface area contributed by atoms with Crippen LogP contribution in [0.2, 0.25) is 0 Å². The third-order valence-corrected chi connectivity index (χ3v) is 2.89. The highest BCUT2D eigenvalue weighted by atomic mass is 16.5. The molecule has 0 atom stereocenters. The van der Waals surface area contributed by atoms with Gasteiger partial charge in [-0.05, 0) is 14.0 Å². The number of hydrogen-bond donors (Lipinski definition) is 0. The van der Waals surface area contributed by atoms with Gasteiger partial charge in [0.2, 0.25) is 5.89 Å². The standard InChI is InChI=1S/C12H20N6O2/c1-4-18-9-13-15-11(18)7-17(2)8-12-14-10(16-20-12)5-6-19-3/h9H,4-8H2,1-3H3. The van der Waals surface area contributed by atoms with E-state index in [0.717, 1.165) is 12.4 Å². The highest BCUT2D eigenvalue weighted by molar-refractivity contribution is 4.89. The van der Waals surface area contributed by atoms with Crippen LogP contribution in [-0.4, -0.2) is 50.6 Å². The van der Waals surface area contributed by atoms with Gasteiger partial charge >= 0.3 is 0 Å². The van der Waals surface area contributed by atoms with E-state index in [-0.39, 0.29) is 0 Å². The van der Waals surface area contributed by atoms with Gasteiger partial charge in [0.1, 0.15) is 12.2 Å². The van der Waals surface area contributed by atoms with Crippen LogP contribution in [0.4, 0.5) is 0 Å². The molecular formula is C12H20N6O2. The first-order valence-corrected chi connectivity index (χ1v) is 6.58. The zero-order chi connectivity index (χ0) is 14.4. The molecule has 0 aliphatic carbocycles. The predicted octanol–water partition coefficient (Wildman–Crippen LogP) is 0.502. The first-order valence-electron chi connectivity index (χ1n) is 6.58. The minimum atomic E-state index is 0.580. The largest absolute Gasteiger partial charge is 0.384 e. The molecular weight excluding hydrogens is 260 g/mol. The molecule has 0 aromatic carbocycles. The van der Waals surface area contributed by atoms with E-state index in [0.29, 0.717) is 37.8 Å². The van der Waals surface area contributed by atoms with Gasteiger partial charge in [0.15, 0.2) is 5.82 Å². The van der Waals surface area contributed by atoms with Crippen molar-refractivity contribution in [3.8, 4) is 0 Å². The van der Waals surface area contributed by atoms with Crippen LogP contribution in [0.1, 0.15) is 24.5 Å². The van der Waals surface area contributed by atoms with Gasteiger partial charge in [0, 0.05) is 20.1 Å². The van der Waals surface area contributed by atoms with E-state index < -0.39 is 0 Å². The summed E-state index contributed by atoms with van der Waals surface area (Å²) in [5.74, 6) is 2.20. The SMILES string of the molecule is CCn1cnnc1CN(C)Cc1nc(CCOC)no1. The summed E-state index contributed by atoms with van der Waals surface area (Å²) in [4.78, 5) is 6.38. The third-order valence-electron chi connectivity index (χ3n) is 2.89. The Kier molecular flexibility index (Phi) is 5.19. The highest BCUT2D eigenvalue weighted by Gasteiger charge is 2.11. The number of aryl methyl sites for hydroxylation is 1. The Morgan fingerprint density at radius 3 is 3.00 bits per heavy atom. The van der Waals surface area contributed by atoms with Crippen LogP contribution < -0.4 is 0 Å². The van der Waals surface area contributed by atoms with E-state index in [4.69, 9.17) is 9.26 Å². The summed E-state index contributed by atoms with van der Waals surface area (Å²) in [6.45, 7) is 4.78. The molecule has 2 aromatic rings. The second-order valence-electron chi connectivity index (χ2n) is 4.55. The van der Waals surface area contributed by atoms with Gasteiger partial charge in [0.05, 0.1) is 19.7 Å². The minimum absolute atomic E-state index is 0.580. The molecule has 0 fully saturated rings. The van der Waals surface area contributed by atoms with E-state index in [1.165, 1.54) is 0 Å². The summed E-state index contributed by atoms with van der Waals surface area (Å²) < 4.78 is 12.2. The van der Waals surface area contributed by atoms with Crippen molar-refractivity contribution in [2.24, 2.45) is 0 Å². The number of nitrogens with zero attached hydrogens (tertiary/aromatic N) is 6. The van der Waals surface area contributed by atoms with Gasteiger partial charge in [-0.25, -0.2) is 0 Å². The van der Waals surface area contributed by atoms with Crippen molar-refractivity contribution in [1.82, 2.24) is 29.8 Å². The minimum Gasteiger partial charge on any atom is -0.384 e. The lowest BCUT2D eigenvalue weighted by atomic mass is 10.4. The summed E-state index contributed by atoms with van der Waals surface area (Å²) in [7, 11) is 3.63. The zero-order valence-electron chi connectivity index (χ0n) is 12.1. The molecule has 0 saturated carbocycles. The first-order chi connectivity index (χ1) is 9.72. The second kappa shape index (κ2) is 7.11. The average molecular weight is 280 g/mol. The van der Waals surface area contributed by atoms with E-state index in [1.807, 2.05) is 11.6 Å². The molecule has 0 bridgehead atoms. The molecule has 0 spiro atoms. The molecule has 0 amide bonds. The molecule has 110 valence electrons. The van der Waals surface area contributed by atoms with Crippen molar-refractivity contribution in [2.45, 2.75) is 33.0 Å². The normalized spacial score (nSPS) is 11.4. The van der Waals surface area contributed by atoms with Crippen molar-refractivity contribution in [2.75, 3.05) is 20.8 Å². The fraction of sp³-hybridized carbons (Fsp3) is 0.667. The Morgan fingerprint density at radius 1 is 1.40 bits per heavy atom. The van der Waals surface area contributed by atoms with Crippen molar-refractivity contribution in [1.29, 1.82) is 0 Å². The zero-order valence-corrected chi connectivity index (χ0v) is 12.1. The lowest BCUT2D eigenvalue weighted by molar-refractivity contribution is 0.199. The van der Waals surface area contributed by atoms with E-state index in [1.54, 1.807) is 13.4 Å². The van der Waals surface area contributed by atoms with Crippen LogP contribution in [0.15, 0.2) is 10.9 Å². The molecule has 0 saturated heterocycles. The Labute approximate surface area is 117 Å². The van der Waals surface area contributed by atoms with E-state index in [9.17, 15) is 0 Å². The molecule has 8 nitrogen and oxygen atoms in total. The van der Waals surface area contributed by atoms with Gasteiger partial charge in [-0.3, -0.25) is 4.90 Å². The molecule has 0 aliphatic heterocycles. The Balaban J connectivity index is 1.87. The highest BCUT2D eigenvalue weighted by Crippen LogP contribution is 2.05. The van der Waals surface area contributed by atoms with Crippen LogP contribution >= 0.6 is 0 Å². The average Bonchev–Trinajstić information content (AvgIpc) is 3.05. The van der Waals surface area contributed by atoms with Crippen LogP contribution in [0.25, 0.3) is 0 Å². The maximum absolute atomic E-state index is 5.21. The summed E-state index contributed by atoms with van der Waals surface area (Å²) in [6, 6.07) is 0. The number of rotatable bonds is 8. The summed E-state index contributed by atoms with van der Waals surface area (Å²) >= 11 is 0. The van der Waals surface area contributed by atoms with Crippen LogP contribution in [0.3, 0.4) is 0 Å². The molecule has 0 aliphatic rings. The monoisotopic (exact) mass is 280 g/mol. The smallest absolute Gasteiger partial charge is 0.240 e. The van der Waals surface area contributed by atoms with Crippen molar-refractivity contribution in [3.63, 3.8) is 0 Å². The fourth-order valence-corrected chi connectivity index (χ4v) is 1.84. The Hall–Kier alpha value is -1.80. The number of ether oxygens (including phenoxy) is 1. The second-order valence-corrected chi connectivity index (χ2v) is 4.55. The van der Waals surface area contributed by atoms with Gasteiger partial charge in [0.25, 0.3) is 0 Å². The molecule has 20 heavy (non-hydrogen) atoms. The van der Waals surface area contributed by atoms with Gasteiger partial charge in [-0.1, -0.05) is 5.16 Å². The molecule has 0 N–H and O–H groups in total. The quantitative estimate of drug-likeness (QED) is 0.696. The van der Waals surface area contributed by atoms with Crippen molar-refractivity contribution < 1.29 is 9.26 Å². The summed E-state index contributed by atoms with van der Waals surface area (Å²) in [6.07, 6.45) is 2.40. The molecule has 2 aromatic heterocycles. The molecule has 2 heterocycles. The lowest BCUT2D eigenvalue weighted by Gasteiger charge is -2.13. The Morgan fingerprint density at radius 2 is 2.25 bits per heavy atom. The number of hydrogen-bond acceptors (Lipinski definition) is 7. The predicted molar refractivity (Wildman–Crippen MR) is 70.7 cm³/mol. The van der Waals surface area contributed by atoms with Crippen molar-refractivity contribution in [3.05, 3.63) is 23.9 Å². The molecule has 0 radical (unpaired) electrons. The van der Waals surface area contributed by atoms with Crippen molar-refractivity contribution >= 4 is 0 Å². The van der Waals surface area contributed by atoms with E-state index in [2.05, 4.69) is 32.2 Å². The number of aromatic nitrogens is 5. The van der Waals surface area contributed by atoms with Crippen LogP contribution in [0, 0.1) is 0 Å². The van der Waals surface area contributed by atoms with Gasteiger partial charge in [-0.2, -0.15) is 4.98 Å². The fourth-order valence-electron chi connectivity index (χ4n) is 1.84. The maximum atomic E-state index is 5.21. The molecule has 2 rings (SSSR count). The van der Waals surface area contributed by atoms with Gasteiger partial charge in [-0.15, -0.1) is 10.2 Å². The Bertz CT molecular complexity index is 524. The van der Waals surface area contributed by atoms with Crippen LogP contribution in [-0.2, 0) is 30.8 Å². The molecule has 0 unspecified atom stereocenters. The number of methoxy groups -OCH3 is 1.